The van der Waals surface area contributed by atoms with Gasteiger partial charge in [-0.15, -0.1) is 10.2 Å². The van der Waals surface area contributed by atoms with Crippen molar-refractivity contribution in [1.82, 2.24) is 15.2 Å². The number of rotatable bonds is 7. The lowest BCUT2D eigenvalue weighted by atomic mass is 10.2. The number of nitrogens with one attached hydrogen (secondary N) is 2. The van der Waals surface area contributed by atoms with Crippen LogP contribution >= 0.6 is 11.6 Å². The van der Waals surface area contributed by atoms with Crippen LogP contribution in [0.1, 0.15) is 11.1 Å². The number of hydrogen-bond acceptors (Lipinski definition) is 7. The van der Waals surface area contributed by atoms with E-state index in [1.807, 2.05) is 30.3 Å². The number of halogens is 1. The van der Waals surface area contributed by atoms with Crippen LogP contribution in [0.5, 0.6) is 11.5 Å². The lowest BCUT2D eigenvalue weighted by Gasteiger charge is -2.11. The third-order valence-electron chi connectivity index (χ3n) is 3.45. The minimum Gasteiger partial charge on any atom is -0.493 e. The van der Waals surface area contributed by atoms with Gasteiger partial charge in [-0.25, -0.2) is 5.43 Å². The van der Waals surface area contributed by atoms with E-state index in [4.69, 9.17) is 21.1 Å². The molecule has 0 aliphatic heterocycles. The van der Waals surface area contributed by atoms with Gasteiger partial charge in [-0.1, -0.05) is 23.7 Å². The van der Waals surface area contributed by atoms with Crippen LogP contribution in [-0.4, -0.2) is 28.5 Å². The summed E-state index contributed by atoms with van der Waals surface area (Å²) in [5.74, 6) is 1.32. The predicted molar refractivity (Wildman–Crippen MR) is 103 cm³/mol. The first-order chi connectivity index (χ1) is 13.1. The molecule has 0 bridgehead atoms. The Bertz CT molecular complexity index is 989. The molecule has 27 heavy (non-hydrogen) atoms. The van der Waals surface area contributed by atoms with Gasteiger partial charge >= 0.3 is 0 Å². The molecule has 0 radical (unpaired) electrons. The zero-order valence-electron chi connectivity index (χ0n) is 14.3. The van der Waals surface area contributed by atoms with Gasteiger partial charge in [0, 0.05) is 5.02 Å². The fourth-order valence-electron chi connectivity index (χ4n) is 2.16. The highest BCUT2D eigenvalue weighted by atomic mass is 35.5. The maximum absolute atomic E-state index is 11.2. The van der Waals surface area contributed by atoms with E-state index in [-0.39, 0.29) is 11.5 Å². The maximum Gasteiger partial charge on any atom is 0.271 e. The van der Waals surface area contributed by atoms with Crippen LogP contribution in [0.15, 0.2) is 58.6 Å². The molecule has 0 saturated heterocycles. The summed E-state index contributed by atoms with van der Waals surface area (Å²) in [4.78, 5) is 13.6. The van der Waals surface area contributed by atoms with Gasteiger partial charge in [-0.05, 0) is 41.5 Å². The van der Waals surface area contributed by atoms with Gasteiger partial charge < -0.3 is 9.47 Å². The van der Waals surface area contributed by atoms with Crippen molar-refractivity contribution >= 4 is 23.8 Å². The number of nitrogens with zero attached hydrogens (tertiary/aromatic N) is 3. The predicted octanol–water partition coefficient (Wildman–Crippen LogP) is 2.85. The number of aromatic amines is 1. The Morgan fingerprint density at radius 3 is 2.78 bits per heavy atom. The number of benzene rings is 2. The largest absolute Gasteiger partial charge is 0.493 e. The summed E-state index contributed by atoms with van der Waals surface area (Å²) in [7, 11) is 1.57. The van der Waals surface area contributed by atoms with Gasteiger partial charge in [0.05, 0.1) is 13.3 Å². The SMILES string of the molecule is COc1ccc(/C=N/Nc2nncc(=O)[nH]2)cc1OCc1ccc(Cl)cc1. The van der Waals surface area contributed by atoms with Crippen molar-refractivity contribution in [1.29, 1.82) is 0 Å². The van der Waals surface area contributed by atoms with E-state index >= 15 is 0 Å². The molecule has 3 rings (SSSR count). The molecular formula is C18H16ClN5O3. The molecule has 0 fully saturated rings. The summed E-state index contributed by atoms with van der Waals surface area (Å²) in [6, 6.07) is 12.8. The Hall–Kier alpha value is -3.39. The quantitative estimate of drug-likeness (QED) is 0.479. The standard InChI is InChI=1S/C18H16ClN5O3/c1-26-15-7-4-13(9-20-23-18-22-17(25)10-21-24-18)8-16(15)27-11-12-2-5-14(19)6-3-12/h2-10H,11H2,1H3,(H2,22,23,24,25)/b20-9+. The van der Waals surface area contributed by atoms with Crippen molar-refractivity contribution in [3.05, 3.63) is 75.2 Å². The molecule has 0 amide bonds. The van der Waals surface area contributed by atoms with E-state index in [1.165, 1.54) is 0 Å². The fraction of sp³-hybridized carbons (Fsp3) is 0.111. The van der Waals surface area contributed by atoms with Crippen molar-refractivity contribution in [3.63, 3.8) is 0 Å². The summed E-state index contributed by atoms with van der Waals surface area (Å²) in [5, 5.41) is 11.9. The molecule has 8 nitrogen and oxygen atoms in total. The third-order valence-corrected chi connectivity index (χ3v) is 3.71. The Balaban J connectivity index is 1.69. The molecule has 0 atom stereocenters. The molecule has 2 aromatic carbocycles. The highest BCUT2D eigenvalue weighted by Crippen LogP contribution is 2.28. The van der Waals surface area contributed by atoms with Crippen LogP contribution < -0.4 is 20.5 Å². The van der Waals surface area contributed by atoms with Crippen molar-refractivity contribution < 1.29 is 9.47 Å². The average molecular weight is 386 g/mol. The second-order valence-corrected chi connectivity index (χ2v) is 5.81. The van der Waals surface area contributed by atoms with Crippen LogP contribution in [0.4, 0.5) is 5.95 Å². The number of ether oxygens (including phenoxy) is 2. The maximum atomic E-state index is 11.2. The molecule has 0 unspecified atom stereocenters. The van der Waals surface area contributed by atoms with Crippen molar-refractivity contribution in [2.75, 3.05) is 12.5 Å². The smallest absolute Gasteiger partial charge is 0.271 e. The van der Waals surface area contributed by atoms with Gasteiger partial charge in [0.2, 0.25) is 5.95 Å². The van der Waals surface area contributed by atoms with Crippen LogP contribution in [0.25, 0.3) is 0 Å². The van der Waals surface area contributed by atoms with Crippen molar-refractivity contribution in [2.45, 2.75) is 6.61 Å². The molecule has 9 heteroatoms. The molecule has 0 aliphatic rings. The highest BCUT2D eigenvalue weighted by Gasteiger charge is 2.06. The summed E-state index contributed by atoms with van der Waals surface area (Å²) < 4.78 is 11.2. The second-order valence-electron chi connectivity index (χ2n) is 5.38. The van der Waals surface area contributed by atoms with Gasteiger partial charge in [0.15, 0.2) is 11.5 Å². The minimum atomic E-state index is -0.370. The summed E-state index contributed by atoms with van der Waals surface area (Å²) in [6.07, 6.45) is 2.63. The molecule has 0 aliphatic carbocycles. The van der Waals surface area contributed by atoms with E-state index in [9.17, 15) is 4.79 Å². The molecule has 138 valence electrons. The Kier molecular flexibility index (Phi) is 6.01. The molecular weight excluding hydrogens is 370 g/mol. The number of anilines is 1. The summed E-state index contributed by atoms with van der Waals surface area (Å²) in [6.45, 7) is 0.368. The average Bonchev–Trinajstić information content (AvgIpc) is 2.68. The number of methoxy groups -OCH3 is 1. The van der Waals surface area contributed by atoms with Gasteiger partial charge in [0.1, 0.15) is 12.8 Å². The fourth-order valence-corrected chi connectivity index (χ4v) is 2.29. The van der Waals surface area contributed by atoms with Crippen LogP contribution in [0, 0.1) is 0 Å². The lowest BCUT2D eigenvalue weighted by molar-refractivity contribution is 0.284. The number of hydrogen-bond donors (Lipinski definition) is 2. The molecule has 0 spiro atoms. The molecule has 0 saturated carbocycles. The van der Waals surface area contributed by atoms with Gasteiger partial charge in [0.25, 0.3) is 5.56 Å². The van der Waals surface area contributed by atoms with Crippen LogP contribution in [0.2, 0.25) is 5.02 Å². The monoisotopic (exact) mass is 385 g/mol. The first-order valence-corrected chi connectivity index (χ1v) is 8.28. The lowest BCUT2D eigenvalue weighted by Crippen LogP contribution is -2.10. The Labute approximate surface area is 159 Å². The molecule has 2 N–H and O–H groups in total. The van der Waals surface area contributed by atoms with Crippen molar-refractivity contribution in [3.8, 4) is 11.5 Å². The first kappa shape index (κ1) is 18.4. The summed E-state index contributed by atoms with van der Waals surface area (Å²) >= 11 is 5.89. The molecule has 1 heterocycles. The molecule has 1 aromatic heterocycles. The summed E-state index contributed by atoms with van der Waals surface area (Å²) in [5.41, 5.74) is 3.98. The van der Waals surface area contributed by atoms with Gasteiger partial charge in [-0.2, -0.15) is 5.10 Å². The number of hydrazone groups is 1. The van der Waals surface area contributed by atoms with Crippen LogP contribution in [0.3, 0.4) is 0 Å². The zero-order valence-corrected chi connectivity index (χ0v) is 15.1. The van der Waals surface area contributed by atoms with E-state index in [0.29, 0.717) is 23.1 Å². The van der Waals surface area contributed by atoms with E-state index in [0.717, 1.165) is 17.3 Å². The third kappa shape index (κ3) is 5.29. The van der Waals surface area contributed by atoms with Crippen LogP contribution in [-0.2, 0) is 6.61 Å². The second kappa shape index (κ2) is 8.81. The van der Waals surface area contributed by atoms with Gasteiger partial charge in [-0.3, -0.25) is 9.78 Å². The Morgan fingerprint density at radius 2 is 2.04 bits per heavy atom. The highest BCUT2D eigenvalue weighted by molar-refractivity contribution is 6.30. The molecule has 3 aromatic rings. The van der Waals surface area contributed by atoms with E-state index in [2.05, 4.69) is 25.7 Å². The topological polar surface area (TPSA) is 101 Å². The Morgan fingerprint density at radius 1 is 1.22 bits per heavy atom. The number of aromatic nitrogens is 3. The normalized spacial score (nSPS) is 10.7. The number of H-pyrrole nitrogens is 1. The minimum absolute atomic E-state index is 0.145. The van der Waals surface area contributed by atoms with E-state index < -0.39 is 0 Å². The van der Waals surface area contributed by atoms with Crippen molar-refractivity contribution in [2.24, 2.45) is 5.10 Å². The van der Waals surface area contributed by atoms with E-state index in [1.54, 1.807) is 25.5 Å². The zero-order chi connectivity index (χ0) is 19.1. The first-order valence-electron chi connectivity index (χ1n) is 7.90.